The molecule has 0 unspecified atom stereocenters. The first-order valence-corrected chi connectivity index (χ1v) is 7.15. The number of aliphatic hydroxyl groups excluding tert-OH is 1. The molecule has 0 bridgehead atoms. The quantitative estimate of drug-likeness (QED) is 0.750. The van der Waals surface area contributed by atoms with E-state index in [-0.39, 0.29) is 5.69 Å². The Morgan fingerprint density at radius 2 is 2.19 bits per heavy atom. The number of rotatable bonds is 8. The average Bonchev–Trinajstić information content (AvgIpc) is 2.75. The SMILES string of the molecule is COC[C@H](O)CN(C)CCCn1c(=O)[nH]c2ccccc21. The number of benzene rings is 1. The van der Waals surface area contributed by atoms with Crippen molar-refractivity contribution in [2.75, 3.05) is 33.9 Å². The van der Waals surface area contributed by atoms with Crippen molar-refractivity contribution in [1.82, 2.24) is 14.5 Å². The largest absolute Gasteiger partial charge is 0.389 e. The van der Waals surface area contributed by atoms with Crippen LogP contribution in [-0.4, -0.2) is 59.5 Å². The molecule has 0 saturated carbocycles. The lowest BCUT2D eigenvalue weighted by Crippen LogP contribution is -2.33. The molecule has 0 fully saturated rings. The number of nitrogens with zero attached hydrogens (tertiary/aromatic N) is 2. The minimum Gasteiger partial charge on any atom is -0.389 e. The second kappa shape index (κ2) is 7.40. The number of likely N-dealkylation sites (N-methyl/N-ethyl adjacent to an activating group) is 1. The van der Waals surface area contributed by atoms with Gasteiger partial charge in [-0.2, -0.15) is 0 Å². The van der Waals surface area contributed by atoms with Gasteiger partial charge in [-0.3, -0.25) is 4.57 Å². The predicted molar refractivity (Wildman–Crippen MR) is 82.6 cm³/mol. The molecule has 0 saturated heterocycles. The van der Waals surface area contributed by atoms with E-state index in [9.17, 15) is 9.90 Å². The van der Waals surface area contributed by atoms with E-state index in [0.29, 0.717) is 19.7 Å². The Bertz CT molecular complexity index is 620. The van der Waals surface area contributed by atoms with E-state index in [1.807, 2.05) is 36.2 Å². The molecule has 0 aliphatic carbocycles. The fourth-order valence-electron chi connectivity index (χ4n) is 2.52. The summed E-state index contributed by atoms with van der Waals surface area (Å²) in [6.07, 6.45) is 0.369. The number of ether oxygens (including phenoxy) is 1. The Hall–Kier alpha value is -1.63. The number of para-hydroxylation sites is 2. The highest BCUT2D eigenvalue weighted by Gasteiger charge is 2.09. The maximum atomic E-state index is 11.9. The number of fused-ring (bicyclic) bond motifs is 1. The average molecular weight is 293 g/mol. The predicted octanol–water partition coefficient (Wildman–Crippen LogP) is 0.659. The van der Waals surface area contributed by atoms with E-state index in [4.69, 9.17) is 4.74 Å². The van der Waals surface area contributed by atoms with Crippen LogP contribution >= 0.6 is 0 Å². The van der Waals surface area contributed by atoms with E-state index in [0.717, 1.165) is 24.0 Å². The topological polar surface area (TPSA) is 70.5 Å². The summed E-state index contributed by atoms with van der Waals surface area (Å²) in [7, 11) is 3.53. The van der Waals surface area contributed by atoms with Gasteiger partial charge in [-0.05, 0) is 32.1 Å². The standard InChI is InChI=1S/C15H23N3O3/c1-17(10-12(19)11-21-2)8-5-9-18-14-7-4-3-6-13(14)16-15(18)20/h3-4,6-7,12,19H,5,8-11H2,1-2H3,(H,16,20)/t12-/m1/s1. The Morgan fingerprint density at radius 1 is 1.43 bits per heavy atom. The molecule has 6 nitrogen and oxygen atoms in total. The highest BCUT2D eigenvalue weighted by atomic mass is 16.5. The Morgan fingerprint density at radius 3 is 2.95 bits per heavy atom. The third kappa shape index (κ3) is 4.17. The number of aryl methyl sites for hydroxylation is 1. The van der Waals surface area contributed by atoms with Gasteiger partial charge >= 0.3 is 5.69 Å². The molecule has 0 aliphatic heterocycles. The van der Waals surface area contributed by atoms with Crippen LogP contribution in [-0.2, 0) is 11.3 Å². The van der Waals surface area contributed by atoms with Crippen LogP contribution in [0.2, 0.25) is 0 Å². The molecule has 116 valence electrons. The van der Waals surface area contributed by atoms with Crippen molar-refractivity contribution < 1.29 is 9.84 Å². The summed E-state index contributed by atoms with van der Waals surface area (Å²) in [5.74, 6) is 0. The third-order valence-corrected chi connectivity index (χ3v) is 3.48. The summed E-state index contributed by atoms with van der Waals surface area (Å²) in [5.41, 5.74) is 1.73. The Labute approximate surface area is 124 Å². The number of nitrogens with one attached hydrogen (secondary N) is 1. The summed E-state index contributed by atoms with van der Waals surface area (Å²) in [6.45, 7) is 2.38. The molecule has 0 radical (unpaired) electrons. The van der Waals surface area contributed by atoms with E-state index in [2.05, 4.69) is 4.98 Å². The summed E-state index contributed by atoms with van der Waals surface area (Å²) in [5, 5.41) is 9.66. The molecule has 2 aromatic rings. The lowest BCUT2D eigenvalue weighted by molar-refractivity contribution is 0.0429. The van der Waals surface area contributed by atoms with Crippen molar-refractivity contribution in [1.29, 1.82) is 0 Å². The molecule has 1 heterocycles. The Balaban J connectivity index is 1.88. The number of aromatic amines is 1. The molecule has 1 aromatic carbocycles. The Kier molecular flexibility index (Phi) is 5.55. The number of hydrogen-bond acceptors (Lipinski definition) is 4. The lowest BCUT2D eigenvalue weighted by atomic mass is 10.3. The monoisotopic (exact) mass is 293 g/mol. The van der Waals surface area contributed by atoms with Gasteiger partial charge in [0.25, 0.3) is 0 Å². The van der Waals surface area contributed by atoms with E-state index >= 15 is 0 Å². The maximum absolute atomic E-state index is 11.9. The molecule has 1 atom stereocenters. The molecule has 0 spiro atoms. The number of aromatic nitrogens is 2. The zero-order valence-electron chi connectivity index (χ0n) is 12.6. The van der Waals surface area contributed by atoms with Crippen molar-refractivity contribution >= 4 is 11.0 Å². The third-order valence-electron chi connectivity index (χ3n) is 3.48. The summed E-state index contributed by atoms with van der Waals surface area (Å²) < 4.78 is 6.66. The second-order valence-electron chi connectivity index (χ2n) is 5.32. The van der Waals surface area contributed by atoms with Crippen molar-refractivity contribution in [2.24, 2.45) is 0 Å². The van der Waals surface area contributed by atoms with Gasteiger partial charge in [0.15, 0.2) is 0 Å². The number of imidazole rings is 1. The number of aliphatic hydroxyl groups is 1. The number of hydrogen-bond donors (Lipinski definition) is 2. The van der Waals surface area contributed by atoms with Gasteiger partial charge in [-0.1, -0.05) is 12.1 Å². The van der Waals surface area contributed by atoms with Crippen LogP contribution in [0.15, 0.2) is 29.1 Å². The fraction of sp³-hybridized carbons (Fsp3) is 0.533. The minimum atomic E-state index is -0.476. The molecule has 21 heavy (non-hydrogen) atoms. The molecule has 2 rings (SSSR count). The van der Waals surface area contributed by atoms with Gasteiger partial charge in [0.1, 0.15) is 0 Å². The highest BCUT2D eigenvalue weighted by Crippen LogP contribution is 2.09. The van der Waals surface area contributed by atoms with Crippen LogP contribution in [0, 0.1) is 0 Å². The molecular weight excluding hydrogens is 270 g/mol. The zero-order chi connectivity index (χ0) is 15.2. The van der Waals surface area contributed by atoms with Gasteiger partial charge in [0.05, 0.1) is 23.7 Å². The van der Waals surface area contributed by atoms with E-state index in [1.54, 1.807) is 11.7 Å². The highest BCUT2D eigenvalue weighted by molar-refractivity contribution is 5.74. The van der Waals surface area contributed by atoms with E-state index in [1.165, 1.54) is 0 Å². The molecule has 1 aromatic heterocycles. The summed E-state index contributed by atoms with van der Waals surface area (Å²) >= 11 is 0. The van der Waals surface area contributed by atoms with E-state index < -0.39 is 6.10 Å². The normalized spacial score (nSPS) is 13.1. The first-order chi connectivity index (χ1) is 10.1. The summed E-state index contributed by atoms with van der Waals surface area (Å²) in [6, 6.07) is 7.69. The van der Waals surface area contributed by atoms with Crippen LogP contribution in [0.3, 0.4) is 0 Å². The second-order valence-corrected chi connectivity index (χ2v) is 5.32. The molecule has 2 N–H and O–H groups in total. The van der Waals surface area contributed by atoms with Crippen LogP contribution in [0.4, 0.5) is 0 Å². The molecule has 0 aliphatic rings. The molecule has 0 amide bonds. The number of methoxy groups -OCH3 is 1. The smallest absolute Gasteiger partial charge is 0.326 e. The van der Waals surface area contributed by atoms with Crippen LogP contribution < -0.4 is 5.69 Å². The van der Waals surface area contributed by atoms with Gasteiger partial charge in [0.2, 0.25) is 0 Å². The lowest BCUT2D eigenvalue weighted by Gasteiger charge is -2.20. The van der Waals surface area contributed by atoms with Crippen molar-refractivity contribution in [2.45, 2.75) is 19.1 Å². The fourth-order valence-corrected chi connectivity index (χ4v) is 2.52. The first kappa shape index (κ1) is 15.8. The van der Waals surface area contributed by atoms with Crippen LogP contribution in [0.1, 0.15) is 6.42 Å². The van der Waals surface area contributed by atoms with Crippen molar-refractivity contribution in [3.8, 4) is 0 Å². The molecule has 6 heteroatoms. The van der Waals surface area contributed by atoms with Gasteiger partial charge in [0, 0.05) is 20.2 Å². The van der Waals surface area contributed by atoms with Gasteiger partial charge in [-0.15, -0.1) is 0 Å². The van der Waals surface area contributed by atoms with Crippen molar-refractivity contribution in [3.63, 3.8) is 0 Å². The van der Waals surface area contributed by atoms with Crippen molar-refractivity contribution in [3.05, 3.63) is 34.7 Å². The minimum absolute atomic E-state index is 0.0710. The first-order valence-electron chi connectivity index (χ1n) is 7.15. The summed E-state index contributed by atoms with van der Waals surface area (Å²) in [4.78, 5) is 16.8. The number of H-pyrrole nitrogens is 1. The van der Waals surface area contributed by atoms with Gasteiger partial charge < -0.3 is 19.7 Å². The zero-order valence-corrected chi connectivity index (χ0v) is 12.6. The van der Waals surface area contributed by atoms with Crippen LogP contribution in [0.25, 0.3) is 11.0 Å². The maximum Gasteiger partial charge on any atom is 0.326 e. The van der Waals surface area contributed by atoms with Crippen LogP contribution in [0.5, 0.6) is 0 Å². The van der Waals surface area contributed by atoms with Gasteiger partial charge in [-0.25, -0.2) is 4.79 Å². The molecular formula is C15H23N3O3.